The molecule has 116 valence electrons. The van der Waals surface area contributed by atoms with Crippen molar-refractivity contribution >= 4 is 0 Å². The van der Waals surface area contributed by atoms with Gasteiger partial charge in [-0.3, -0.25) is 9.88 Å². The molecule has 0 spiro atoms. The van der Waals surface area contributed by atoms with Gasteiger partial charge in [0.05, 0.1) is 6.10 Å². The van der Waals surface area contributed by atoms with Crippen LogP contribution in [-0.4, -0.2) is 29.1 Å². The second-order valence-corrected chi connectivity index (χ2v) is 5.76. The third-order valence-corrected chi connectivity index (χ3v) is 3.97. The van der Waals surface area contributed by atoms with Crippen LogP contribution in [0, 0.1) is 5.82 Å². The SMILES string of the molecule is Fc1ccccc1CN(Cc1cccnc1)CC1CCCO1. The number of nitrogens with zero attached hydrogens (tertiary/aromatic N) is 2. The molecule has 2 aromatic rings. The van der Waals surface area contributed by atoms with Crippen LogP contribution >= 0.6 is 0 Å². The van der Waals surface area contributed by atoms with Crippen molar-refractivity contribution in [1.82, 2.24) is 9.88 Å². The molecular weight excluding hydrogens is 279 g/mol. The first-order valence-electron chi connectivity index (χ1n) is 7.77. The molecule has 0 aliphatic carbocycles. The largest absolute Gasteiger partial charge is 0.377 e. The number of halogens is 1. The van der Waals surface area contributed by atoms with Crippen LogP contribution in [0.2, 0.25) is 0 Å². The highest BCUT2D eigenvalue weighted by Gasteiger charge is 2.20. The number of hydrogen-bond acceptors (Lipinski definition) is 3. The Morgan fingerprint density at radius 3 is 2.82 bits per heavy atom. The second-order valence-electron chi connectivity index (χ2n) is 5.76. The maximum atomic E-state index is 13.9. The van der Waals surface area contributed by atoms with Gasteiger partial charge in [0.15, 0.2) is 0 Å². The Kier molecular flexibility index (Phi) is 5.14. The third-order valence-electron chi connectivity index (χ3n) is 3.97. The molecule has 1 aromatic heterocycles. The highest BCUT2D eigenvalue weighted by molar-refractivity contribution is 5.17. The van der Waals surface area contributed by atoms with Gasteiger partial charge in [0.2, 0.25) is 0 Å². The Balaban J connectivity index is 1.71. The van der Waals surface area contributed by atoms with Gasteiger partial charge < -0.3 is 4.74 Å². The lowest BCUT2D eigenvalue weighted by Crippen LogP contribution is -2.31. The maximum Gasteiger partial charge on any atom is 0.127 e. The molecule has 1 aliphatic heterocycles. The van der Waals surface area contributed by atoms with Gasteiger partial charge in [0, 0.05) is 44.2 Å². The smallest absolute Gasteiger partial charge is 0.127 e. The lowest BCUT2D eigenvalue weighted by atomic mass is 10.1. The first-order valence-corrected chi connectivity index (χ1v) is 7.77. The Morgan fingerprint density at radius 2 is 2.09 bits per heavy atom. The van der Waals surface area contributed by atoms with Crippen molar-refractivity contribution in [3.05, 3.63) is 65.7 Å². The van der Waals surface area contributed by atoms with Gasteiger partial charge in [-0.15, -0.1) is 0 Å². The summed E-state index contributed by atoms with van der Waals surface area (Å²) in [6.45, 7) is 3.00. The summed E-state index contributed by atoms with van der Waals surface area (Å²) >= 11 is 0. The molecule has 0 bridgehead atoms. The summed E-state index contributed by atoms with van der Waals surface area (Å²) in [6.07, 6.45) is 6.09. The minimum atomic E-state index is -0.147. The second kappa shape index (κ2) is 7.47. The topological polar surface area (TPSA) is 25.4 Å². The predicted octanol–water partition coefficient (Wildman–Crippen LogP) is 3.40. The molecular formula is C18H21FN2O. The summed E-state index contributed by atoms with van der Waals surface area (Å²) in [5.41, 5.74) is 1.86. The fraction of sp³-hybridized carbons (Fsp3) is 0.389. The molecule has 0 radical (unpaired) electrons. The van der Waals surface area contributed by atoms with E-state index in [-0.39, 0.29) is 11.9 Å². The van der Waals surface area contributed by atoms with Crippen LogP contribution < -0.4 is 0 Å². The zero-order chi connectivity index (χ0) is 15.2. The zero-order valence-corrected chi connectivity index (χ0v) is 12.6. The lowest BCUT2D eigenvalue weighted by molar-refractivity contribution is 0.0675. The number of rotatable bonds is 6. The van der Waals surface area contributed by atoms with E-state index in [9.17, 15) is 4.39 Å². The first-order chi connectivity index (χ1) is 10.8. The van der Waals surface area contributed by atoms with Crippen molar-refractivity contribution in [3.63, 3.8) is 0 Å². The van der Waals surface area contributed by atoms with E-state index in [2.05, 4.69) is 16.0 Å². The summed E-state index contributed by atoms with van der Waals surface area (Å²) < 4.78 is 19.7. The summed E-state index contributed by atoms with van der Waals surface area (Å²) in [5.74, 6) is -0.147. The summed E-state index contributed by atoms with van der Waals surface area (Å²) in [6, 6.07) is 11.0. The molecule has 0 amide bonds. The Hall–Kier alpha value is -1.78. The molecule has 1 fully saturated rings. The van der Waals surface area contributed by atoms with E-state index in [4.69, 9.17) is 4.74 Å². The number of hydrogen-bond donors (Lipinski definition) is 0. The Labute approximate surface area is 130 Å². The summed E-state index contributed by atoms with van der Waals surface area (Å²) in [4.78, 5) is 6.40. The summed E-state index contributed by atoms with van der Waals surface area (Å²) in [7, 11) is 0. The van der Waals surface area contributed by atoms with Crippen LogP contribution in [0.4, 0.5) is 4.39 Å². The average molecular weight is 300 g/mol. The van der Waals surface area contributed by atoms with Crippen LogP contribution in [-0.2, 0) is 17.8 Å². The van der Waals surface area contributed by atoms with Gasteiger partial charge in [-0.05, 0) is 30.5 Å². The van der Waals surface area contributed by atoms with Crippen LogP contribution in [0.3, 0.4) is 0 Å². The molecule has 3 rings (SSSR count). The normalized spacial score (nSPS) is 18.0. The van der Waals surface area contributed by atoms with E-state index in [1.54, 1.807) is 12.3 Å². The van der Waals surface area contributed by atoms with Crippen LogP contribution in [0.25, 0.3) is 0 Å². The molecule has 2 heterocycles. The summed E-state index contributed by atoms with van der Waals surface area (Å²) in [5, 5.41) is 0. The van der Waals surface area contributed by atoms with E-state index < -0.39 is 0 Å². The molecule has 4 heteroatoms. The fourth-order valence-electron chi connectivity index (χ4n) is 2.88. The van der Waals surface area contributed by atoms with E-state index >= 15 is 0 Å². The molecule has 1 atom stereocenters. The third kappa shape index (κ3) is 4.12. The van der Waals surface area contributed by atoms with Crippen molar-refractivity contribution < 1.29 is 9.13 Å². The molecule has 1 aliphatic rings. The fourth-order valence-corrected chi connectivity index (χ4v) is 2.88. The number of ether oxygens (including phenoxy) is 1. The van der Waals surface area contributed by atoms with Crippen LogP contribution in [0.15, 0.2) is 48.8 Å². The number of aromatic nitrogens is 1. The van der Waals surface area contributed by atoms with Crippen molar-refractivity contribution in [1.29, 1.82) is 0 Å². The van der Waals surface area contributed by atoms with Crippen LogP contribution in [0.1, 0.15) is 24.0 Å². The van der Waals surface area contributed by atoms with Gasteiger partial charge in [-0.25, -0.2) is 4.39 Å². The predicted molar refractivity (Wildman–Crippen MR) is 83.7 cm³/mol. The lowest BCUT2D eigenvalue weighted by Gasteiger charge is -2.25. The maximum absolute atomic E-state index is 13.9. The van der Waals surface area contributed by atoms with Gasteiger partial charge >= 0.3 is 0 Å². The first kappa shape index (κ1) is 15.1. The van der Waals surface area contributed by atoms with E-state index in [0.29, 0.717) is 6.54 Å². The molecule has 1 aromatic carbocycles. The minimum absolute atomic E-state index is 0.147. The molecule has 22 heavy (non-hydrogen) atoms. The quantitative estimate of drug-likeness (QED) is 0.817. The van der Waals surface area contributed by atoms with Crippen molar-refractivity contribution in [2.45, 2.75) is 32.0 Å². The van der Waals surface area contributed by atoms with Gasteiger partial charge in [0.1, 0.15) is 5.82 Å². The van der Waals surface area contributed by atoms with Crippen molar-refractivity contribution in [3.8, 4) is 0 Å². The molecule has 1 unspecified atom stereocenters. The molecule has 0 N–H and O–H groups in total. The van der Waals surface area contributed by atoms with Crippen LogP contribution in [0.5, 0.6) is 0 Å². The Bertz CT molecular complexity index is 585. The Morgan fingerprint density at radius 1 is 1.18 bits per heavy atom. The van der Waals surface area contributed by atoms with Crippen molar-refractivity contribution in [2.24, 2.45) is 0 Å². The van der Waals surface area contributed by atoms with Gasteiger partial charge in [0.25, 0.3) is 0 Å². The highest BCUT2D eigenvalue weighted by Crippen LogP contribution is 2.18. The molecule has 3 nitrogen and oxygen atoms in total. The molecule has 1 saturated heterocycles. The standard InChI is InChI=1S/C18H21FN2O/c19-18-8-2-1-6-16(18)13-21(14-17-7-4-10-22-17)12-15-5-3-9-20-11-15/h1-3,5-6,8-9,11,17H,4,7,10,12-14H2. The monoisotopic (exact) mass is 300 g/mol. The molecule has 0 saturated carbocycles. The van der Waals surface area contributed by atoms with Crippen molar-refractivity contribution in [2.75, 3.05) is 13.2 Å². The average Bonchev–Trinajstić information content (AvgIpc) is 3.03. The minimum Gasteiger partial charge on any atom is -0.377 e. The van der Waals surface area contributed by atoms with E-state index in [1.165, 1.54) is 6.07 Å². The highest BCUT2D eigenvalue weighted by atomic mass is 19.1. The van der Waals surface area contributed by atoms with Gasteiger partial charge in [-0.2, -0.15) is 0 Å². The zero-order valence-electron chi connectivity index (χ0n) is 12.6. The number of pyridine rings is 1. The van der Waals surface area contributed by atoms with E-state index in [0.717, 1.165) is 43.7 Å². The van der Waals surface area contributed by atoms with Gasteiger partial charge in [-0.1, -0.05) is 24.3 Å². The number of benzene rings is 1. The van der Waals surface area contributed by atoms with E-state index in [1.807, 2.05) is 24.4 Å².